The van der Waals surface area contributed by atoms with Crippen LogP contribution in [0.25, 0.3) is 11.0 Å². The van der Waals surface area contributed by atoms with Crippen LogP contribution in [-0.4, -0.2) is 18.0 Å². The minimum Gasteiger partial charge on any atom is -0.459 e. The molecule has 1 heterocycles. The van der Waals surface area contributed by atoms with Crippen LogP contribution >= 0.6 is 0 Å². The maximum atomic E-state index is 13.3. The average molecular weight is 340 g/mol. The lowest BCUT2D eigenvalue weighted by molar-refractivity contribution is 0.185. The number of para-hydroxylation sites is 1. The van der Waals surface area contributed by atoms with Gasteiger partial charge in [-0.1, -0.05) is 30.3 Å². The van der Waals surface area contributed by atoms with Gasteiger partial charge in [0.15, 0.2) is 0 Å². The first kappa shape index (κ1) is 17.0. The SMILES string of the molecule is C[C@H](NC(=O)N(C)[C@H](C)c1cc2ccccc2o1)c1cccc(F)c1. The first-order valence-electron chi connectivity index (χ1n) is 8.23. The number of carbonyl (C=O) groups is 1. The van der Waals surface area contributed by atoms with Gasteiger partial charge >= 0.3 is 6.03 Å². The Morgan fingerprint density at radius 1 is 1.12 bits per heavy atom. The summed E-state index contributed by atoms with van der Waals surface area (Å²) < 4.78 is 19.2. The van der Waals surface area contributed by atoms with E-state index >= 15 is 0 Å². The fourth-order valence-corrected chi connectivity index (χ4v) is 2.72. The third kappa shape index (κ3) is 3.65. The number of nitrogens with zero attached hydrogens (tertiary/aromatic N) is 1. The monoisotopic (exact) mass is 340 g/mol. The topological polar surface area (TPSA) is 45.5 Å². The second-order valence-corrected chi connectivity index (χ2v) is 6.20. The first-order chi connectivity index (χ1) is 12.0. The number of hydrogen-bond acceptors (Lipinski definition) is 2. The Labute approximate surface area is 146 Å². The Balaban J connectivity index is 1.70. The number of benzene rings is 2. The van der Waals surface area contributed by atoms with Crippen LogP contribution in [0.3, 0.4) is 0 Å². The number of hydrogen-bond donors (Lipinski definition) is 1. The highest BCUT2D eigenvalue weighted by atomic mass is 19.1. The van der Waals surface area contributed by atoms with Crippen LogP contribution in [0.1, 0.15) is 37.3 Å². The summed E-state index contributed by atoms with van der Waals surface area (Å²) in [5.74, 6) is 0.403. The Hall–Kier alpha value is -2.82. The molecule has 2 atom stereocenters. The zero-order valence-electron chi connectivity index (χ0n) is 14.5. The molecule has 0 saturated carbocycles. The predicted molar refractivity (Wildman–Crippen MR) is 95.7 cm³/mol. The van der Waals surface area contributed by atoms with Gasteiger partial charge in [0, 0.05) is 12.4 Å². The van der Waals surface area contributed by atoms with Crippen molar-refractivity contribution in [2.45, 2.75) is 25.9 Å². The number of amides is 2. The van der Waals surface area contributed by atoms with E-state index in [1.165, 1.54) is 12.1 Å². The lowest BCUT2D eigenvalue weighted by atomic mass is 10.1. The molecule has 0 unspecified atom stereocenters. The largest absolute Gasteiger partial charge is 0.459 e. The molecule has 0 saturated heterocycles. The van der Waals surface area contributed by atoms with Gasteiger partial charge in [-0.25, -0.2) is 9.18 Å². The molecular formula is C20H21FN2O2. The molecule has 5 heteroatoms. The van der Waals surface area contributed by atoms with E-state index in [-0.39, 0.29) is 23.9 Å². The zero-order chi connectivity index (χ0) is 18.0. The van der Waals surface area contributed by atoms with E-state index < -0.39 is 0 Å². The Morgan fingerprint density at radius 2 is 1.88 bits per heavy atom. The van der Waals surface area contributed by atoms with E-state index in [0.717, 1.165) is 22.3 Å². The summed E-state index contributed by atoms with van der Waals surface area (Å²) in [7, 11) is 1.71. The molecule has 3 aromatic rings. The van der Waals surface area contributed by atoms with Gasteiger partial charge in [-0.3, -0.25) is 0 Å². The fraction of sp³-hybridized carbons (Fsp3) is 0.250. The van der Waals surface area contributed by atoms with Gasteiger partial charge in [-0.05, 0) is 43.7 Å². The molecule has 4 nitrogen and oxygen atoms in total. The molecule has 2 aromatic carbocycles. The highest BCUT2D eigenvalue weighted by Crippen LogP contribution is 2.27. The van der Waals surface area contributed by atoms with Crippen molar-refractivity contribution in [1.82, 2.24) is 10.2 Å². The summed E-state index contributed by atoms with van der Waals surface area (Å²) in [4.78, 5) is 14.1. The third-order valence-corrected chi connectivity index (χ3v) is 4.45. The molecule has 0 fully saturated rings. The van der Waals surface area contributed by atoms with Crippen LogP contribution in [0.4, 0.5) is 9.18 Å². The smallest absolute Gasteiger partial charge is 0.318 e. The van der Waals surface area contributed by atoms with Crippen molar-refractivity contribution >= 4 is 17.0 Å². The van der Waals surface area contributed by atoms with E-state index in [2.05, 4.69) is 5.32 Å². The summed E-state index contributed by atoms with van der Waals surface area (Å²) in [6, 6.07) is 15.1. The lowest BCUT2D eigenvalue weighted by Gasteiger charge is -2.26. The summed E-state index contributed by atoms with van der Waals surface area (Å²) in [6.45, 7) is 3.73. The molecule has 0 spiro atoms. The van der Waals surface area contributed by atoms with E-state index in [0.29, 0.717) is 0 Å². The fourth-order valence-electron chi connectivity index (χ4n) is 2.72. The molecule has 0 aliphatic carbocycles. The molecule has 25 heavy (non-hydrogen) atoms. The number of nitrogens with one attached hydrogen (secondary N) is 1. The Morgan fingerprint density at radius 3 is 2.60 bits per heavy atom. The predicted octanol–water partition coefficient (Wildman–Crippen LogP) is 5.04. The van der Waals surface area contributed by atoms with Crippen molar-refractivity contribution in [3.8, 4) is 0 Å². The number of carbonyl (C=O) groups excluding carboxylic acids is 1. The number of fused-ring (bicyclic) bond motifs is 1. The lowest BCUT2D eigenvalue weighted by Crippen LogP contribution is -2.39. The van der Waals surface area contributed by atoms with E-state index in [1.54, 1.807) is 24.1 Å². The van der Waals surface area contributed by atoms with Crippen LogP contribution in [0, 0.1) is 5.82 Å². The minimum atomic E-state index is -0.317. The summed E-state index contributed by atoms with van der Waals surface area (Å²) in [5, 5.41) is 3.89. The Kier molecular flexibility index (Phi) is 4.74. The van der Waals surface area contributed by atoms with Gasteiger partial charge < -0.3 is 14.6 Å². The van der Waals surface area contributed by atoms with Crippen molar-refractivity contribution in [3.63, 3.8) is 0 Å². The maximum absolute atomic E-state index is 13.3. The molecule has 130 valence electrons. The molecule has 2 amide bonds. The zero-order valence-corrected chi connectivity index (χ0v) is 14.5. The molecule has 0 aliphatic heterocycles. The van der Waals surface area contributed by atoms with Crippen LogP contribution in [0.15, 0.2) is 59.0 Å². The van der Waals surface area contributed by atoms with Gasteiger partial charge in [-0.2, -0.15) is 0 Å². The van der Waals surface area contributed by atoms with Gasteiger partial charge in [-0.15, -0.1) is 0 Å². The van der Waals surface area contributed by atoms with Crippen LogP contribution in [0.5, 0.6) is 0 Å². The second kappa shape index (κ2) is 6.97. The van der Waals surface area contributed by atoms with Gasteiger partial charge in [0.25, 0.3) is 0 Å². The van der Waals surface area contributed by atoms with Crippen LogP contribution in [-0.2, 0) is 0 Å². The van der Waals surface area contributed by atoms with Gasteiger partial charge in [0.1, 0.15) is 17.2 Å². The number of rotatable bonds is 4. The maximum Gasteiger partial charge on any atom is 0.318 e. The minimum absolute atomic E-state index is 0.230. The molecule has 1 aromatic heterocycles. The molecule has 1 N–H and O–H groups in total. The van der Waals surface area contributed by atoms with E-state index in [4.69, 9.17) is 4.42 Å². The standard InChI is InChI=1S/C20H21FN2O2/c1-13(15-8-6-9-17(21)11-15)22-20(24)23(3)14(2)19-12-16-7-4-5-10-18(16)25-19/h4-14H,1-3H3,(H,22,24)/t13-,14+/m0/s1. The van der Waals surface area contributed by atoms with Crippen LogP contribution < -0.4 is 5.32 Å². The highest BCUT2D eigenvalue weighted by Gasteiger charge is 2.22. The van der Waals surface area contributed by atoms with Crippen LogP contribution in [0.2, 0.25) is 0 Å². The number of furan rings is 1. The molecule has 0 bridgehead atoms. The first-order valence-corrected chi connectivity index (χ1v) is 8.23. The summed E-state index contributed by atoms with van der Waals surface area (Å²) in [6.07, 6.45) is 0. The van der Waals surface area contributed by atoms with E-state index in [1.807, 2.05) is 44.2 Å². The van der Waals surface area contributed by atoms with Gasteiger partial charge in [0.05, 0.1) is 12.1 Å². The highest BCUT2D eigenvalue weighted by molar-refractivity contribution is 5.78. The van der Waals surface area contributed by atoms with E-state index in [9.17, 15) is 9.18 Å². The number of urea groups is 1. The van der Waals surface area contributed by atoms with Crippen molar-refractivity contribution in [1.29, 1.82) is 0 Å². The van der Waals surface area contributed by atoms with Crippen molar-refractivity contribution < 1.29 is 13.6 Å². The second-order valence-electron chi connectivity index (χ2n) is 6.20. The van der Waals surface area contributed by atoms with Crippen molar-refractivity contribution in [3.05, 3.63) is 71.7 Å². The van der Waals surface area contributed by atoms with Crippen molar-refractivity contribution in [2.75, 3.05) is 7.05 Å². The summed E-state index contributed by atoms with van der Waals surface area (Å²) >= 11 is 0. The Bertz CT molecular complexity index is 857. The molecule has 0 radical (unpaired) electrons. The normalized spacial score (nSPS) is 13.4. The van der Waals surface area contributed by atoms with Crippen molar-refractivity contribution in [2.24, 2.45) is 0 Å². The average Bonchev–Trinajstić information content (AvgIpc) is 3.04. The summed E-state index contributed by atoms with van der Waals surface area (Å²) in [5.41, 5.74) is 1.52. The van der Waals surface area contributed by atoms with Gasteiger partial charge in [0.2, 0.25) is 0 Å². The molecule has 0 aliphatic rings. The molecular weight excluding hydrogens is 319 g/mol. The quantitative estimate of drug-likeness (QED) is 0.723. The third-order valence-electron chi connectivity index (χ3n) is 4.45. The number of halogens is 1. The molecule has 3 rings (SSSR count).